The third-order valence-corrected chi connectivity index (χ3v) is 6.84. The second-order valence-electron chi connectivity index (χ2n) is 5.91. The van der Waals surface area contributed by atoms with Gasteiger partial charge in [0.25, 0.3) is 15.9 Å². The number of imide groups is 1. The van der Waals surface area contributed by atoms with Crippen molar-refractivity contribution in [2.45, 2.75) is 11.4 Å². The molecule has 0 fully saturated rings. The summed E-state index contributed by atoms with van der Waals surface area (Å²) in [6, 6.07) is 16.2. The van der Waals surface area contributed by atoms with Crippen LogP contribution in [0.15, 0.2) is 76.3 Å². The maximum atomic E-state index is 13.1. The van der Waals surface area contributed by atoms with Crippen molar-refractivity contribution < 1.29 is 18.0 Å². The van der Waals surface area contributed by atoms with E-state index >= 15 is 0 Å². The molecule has 0 saturated carbocycles. The highest BCUT2D eigenvalue weighted by Crippen LogP contribution is 2.38. The van der Waals surface area contributed by atoms with Crippen molar-refractivity contribution in [1.29, 1.82) is 0 Å². The lowest BCUT2D eigenvalue weighted by molar-refractivity contribution is 0.0989. The van der Waals surface area contributed by atoms with Gasteiger partial charge in [0.05, 0.1) is 12.2 Å². The van der Waals surface area contributed by atoms with Crippen molar-refractivity contribution in [3.8, 4) is 0 Å². The lowest BCUT2D eigenvalue weighted by atomic mass is 10.2. The Kier molecular flexibility index (Phi) is 4.29. The Hall–Kier alpha value is -2.97. The van der Waals surface area contributed by atoms with Gasteiger partial charge in [-0.1, -0.05) is 48.5 Å². The van der Waals surface area contributed by atoms with Crippen LogP contribution in [0.25, 0.3) is 0 Å². The van der Waals surface area contributed by atoms with Crippen LogP contribution >= 0.6 is 11.3 Å². The summed E-state index contributed by atoms with van der Waals surface area (Å²) in [6.07, 6.45) is 0. The van der Waals surface area contributed by atoms with Gasteiger partial charge in [0.15, 0.2) is 0 Å². The molecule has 0 radical (unpaired) electrons. The first kappa shape index (κ1) is 17.4. The molecule has 3 aromatic rings. The summed E-state index contributed by atoms with van der Waals surface area (Å²) in [4.78, 5) is 26.9. The molecule has 1 aliphatic heterocycles. The summed E-state index contributed by atoms with van der Waals surface area (Å²) in [7, 11) is -4.04. The summed E-state index contributed by atoms with van der Waals surface area (Å²) in [6.45, 7) is -0.143. The summed E-state index contributed by atoms with van der Waals surface area (Å²) in [5, 5.41) is 2.95. The number of nitrogens with zero attached hydrogens (tertiary/aromatic N) is 2. The fourth-order valence-electron chi connectivity index (χ4n) is 2.88. The number of hydrogen-bond donors (Lipinski definition) is 0. The first-order valence-corrected chi connectivity index (χ1v) is 10.4. The van der Waals surface area contributed by atoms with Crippen LogP contribution in [0.1, 0.15) is 15.9 Å². The molecule has 4 rings (SSSR count). The van der Waals surface area contributed by atoms with Crippen LogP contribution < -0.4 is 4.90 Å². The summed E-state index contributed by atoms with van der Waals surface area (Å²) < 4.78 is 26.7. The van der Waals surface area contributed by atoms with E-state index in [-0.39, 0.29) is 17.1 Å². The quantitative estimate of drug-likeness (QED) is 0.674. The minimum Gasteiger partial charge on any atom is -0.268 e. The number of carbonyl (C=O) groups is 2. The van der Waals surface area contributed by atoms with E-state index in [1.807, 2.05) is 0 Å². The minimum atomic E-state index is -4.04. The highest BCUT2D eigenvalue weighted by Gasteiger charge is 2.44. The number of urea groups is 1. The molecular weight excluding hydrogens is 384 g/mol. The molecule has 2 aromatic carbocycles. The standard InChI is InChI=1S/C19H14N2O4S2/c22-18(15-9-5-2-6-10-15)21-16-12-26-13-17(16)27(24,25)20(19(21)23)11-14-7-3-1-4-8-14/h1-10,12-13H,11H2. The maximum Gasteiger partial charge on any atom is 0.345 e. The van der Waals surface area contributed by atoms with E-state index < -0.39 is 22.0 Å². The van der Waals surface area contributed by atoms with Gasteiger partial charge in [-0.2, -0.15) is 0 Å². The molecule has 0 N–H and O–H groups in total. The average Bonchev–Trinajstić information content (AvgIpc) is 3.17. The summed E-state index contributed by atoms with van der Waals surface area (Å²) >= 11 is 1.13. The van der Waals surface area contributed by atoms with Crippen LogP contribution in [0.2, 0.25) is 0 Å². The molecule has 0 unspecified atom stereocenters. The first-order valence-electron chi connectivity index (χ1n) is 8.06. The van der Waals surface area contributed by atoms with Gasteiger partial charge in [-0.05, 0) is 17.7 Å². The molecule has 8 heteroatoms. The van der Waals surface area contributed by atoms with E-state index in [4.69, 9.17) is 0 Å². The molecular formula is C19H14N2O4S2. The molecule has 0 atom stereocenters. The fourth-order valence-corrected chi connectivity index (χ4v) is 5.54. The van der Waals surface area contributed by atoms with Crippen LogP contribution in [0.4, 0.5) is 10.5 Å². The van der Waals surface area contributed by atoms with E-state index in [1.165, 1.54) is 10.8 Å². The number of fused-ring (bicyclic) bond motifs is 1. The van der Waals surface area contributed by atoms with Gasteiger partial charge in [-0.3, -0.25) is 4.79 Å². The number of amides is 3. The molecule has 27 heavy (non-hydrogen) atoms. The van der Waals surface area contributed by atoms with Gasteiger partial charge in [0.2, 0.25) is 0 Å². The van der Waals surface area contributed by atoms with Crippen molar-refractivity contribution in [1.82, 2.24) is 4.31 Å². The van der Waals surface area contributed by atoms with Gasteiger partial charge in [-0.25, -0.2) is 22.4 Å². The number of anilines is 1. The Morgan fingerprint density at radius 1 is 0.926 bits per heavy atom. The van der Waals surface area contributed by atoms with Crippen LogP contribution in [-0.2, 0) is 16.6 Å². The predicted octanol–water partition coefficient (Wildman–Crippen LogP) is 3.72. The Labute approximate surface area is 160 Å². The van der Waals surface area contributed by atoms with Crippen molar-refractivity contribution in [2.24, 2.45) is 0 Å². The van der Waals surface area contributed by atoms with Crippen LogP contribution in [-0.4, -0.2) is 24.7 Å². The van der Waals surface area contributed by atoms with Crippen molar-refractivity contribution in [3.05, 3.63) is 82.6 Å². The van der Waals surface area contributed by atoms with Gasteiger partial charge < -0.3 is 0 Å². The van der Waals surface area contributed by atoms with E-state index in [0.717, 1.165) is 20.5 Å². The average molecular weight is 398 g/mol. The minimum absolute atomic E-state index is 0.0349. The van der Waals surface area contributed by atoms with Crippen molar-refractivity contribution in [2.75, 3.05) is 4.90 Å². The smallest absolute Gasteiger partial charge is 0.268 e. The number of rotatable bonds is 3. The SMILES string of the molecule is O=C(c1ccccc1)N1C(=O)N(Cc2ccccc2)S(=O)(=O)c2cscc21. The predicted molar refractivity (Wildman–Crippen MR) is 102 cm³/mol. The third kappa shape index (κ3) is 2.92. The highest BCUT2D eigenvalue weighted by atomic mass is 32.2. The van der Waals surface area contributed by atoms with Crippen LogP contribution in [0.5, 0.6) is 0 Å². The summed E-state index contributed by atoms with van der Waals surface area (Å²) in [5.74, 6) is -0.562. The number of sulfonamides is 1. The zero-order valence-corrected chi connectivity index (χ0v) is 15.6. The Balaban J connectivity index is 1.81. The van der Waals surface area contributed by atoms with Gasteiger partial charge in [0.1, 0.15) is 4.90 Å². The van der Waals surface area contributed by atoms with Gasteiger partial charge in [0, 0.05) is 16.3 Å². The fraction of sp³-hybridized carbons (Fsp3) is 0.0526. The second kappa shape index (κ2) is 6.64. The van der Waals surface area contributed by atoms with Crippen molar-refractivity contribution in [3.63, 3.8) is 0 Å². The van der Waals surface area contributed by atoms with E-state index in [1.54, 1.807) is 60.7 Å². The van der Waals surface area contributed by atoms with Crippen LogP contribution in [0, 0.1) is 0 Å². The zero-order chi connectivity index (χ0) is 19.0. The second-order valence-corrected chi connectivity index (χ2v) is 8.48. The highest BCUT2D eigenvalue weighted by molar-refractivity contribution is 7.90. The monoisotopic (exact) mass is 398 g/mol. The van der Waals surface area contributed by atoms with Crippen molar-refractivity contribution >= 4 is 39.0 Å². The summed E-state index contributed by atoms with van der Waals surface area (Å²) in [5.41, 5.74) is 1.06. The van der Waals surface area contributed by atoms with E-state index in [0.29, 0.717) is 11.1 Å². The number of hydrogen-bond acceptors (Lipinski definition) is 5. The molecule has 2 heterocycles. The normalized spacial score (nSPS) is 15.5. The third-order valence-electron chi connectivity index (χ3n) is 4.21. The Morgan fingerprint density at radius 2 is 1.56 bits per heavy atom. The largest absolute Gasteiger partial charge is 0.345 e. The van der Waals surface area contributed by atoms with E-state index in [9.17, 15) is 18.0 Å². The van der Waals surface area contributed by atoms with E-state index in [2.05, 4.69) is 0 Å². The molecule has 1 aliphatic rings. The molecule has 0 bridgehead atoms. The molecule has 0 spiro atoms. The zero-order valence-electron chi connectivity index (χ0n) is 14.0. The number of thiophene rings is 1. The number of benzene rings is 2. The topological polar surface area (TPSA) is 74.8 Å². The molecule has 3 amide bonds. The van der Waals surface area contributed by atoms with Gasteiger partial charge in [-0.15, -0.1) is 11.3 Å². The Bertz CT molecular complexity index is 1110. The molecule has 1 aromatic heterocycles. The molecule has 6 nitrogen and oxygen atoms in total. The maximum absolute atomic E-state index is 13.1. The van der Waals surface area contributed by atoms with Gasteiger partial charge >= 0.3 is 6.03 Å². The molecule has 0 aliphatic carbocycles. The molecule has 0 saturated heterocycles. The lowest BCUT2D eigenvalue weighted by Crippen LogP contribution is -2.52. The Morgan fingerprint density at radius 3 is 2.22 bits per heavy atom. The van der Waals surface area contributed by atoms with Crippen LogP contribution in [0.3, 0.4) is 0 Å². The number of carbonyl (C=O) groups excluding carboxylic acids is 2. The first-order chi connectivity index (χ1) is 13.0. The molecule has 136 valence electrons. The lowest BCUT2D eigenvalue weighted by Gasteiger charge is -2.33.